The summed E-state index contributed by atoms with van der Waals surface area (Å²) in [6.45, 7) is 3.64. The van der Waals surface area contributed by atoms with Gasteiger partial charge in [-0.2, -0.15) is 4.98 Å². The highest BCUT2D eigenvalue weighted by molar-refractivity contribution is 5.82. The highest BCUT2D eigenvalue weighted by Gasteiger charge is 2.30. The number of hydrogen-bond donors (Lipinski definition) is 0. The van der Waals surface area contributed by atoms with Crippen LogP contribution in [0.15, 0.2) is 27.7 Å². The number of carbonyl (C=O) groups is 1. The third kappa shape index (κ3) is 4.10. The largest absolute Gasteiger partial charge is 0.343 e. The van der Waals surface area contributed by atoms with Gasteiger partial charge in [-0.3, -0.25) is 9.79 Å². The third-order valence-electron chi connectivity index (χ3n) is 5.60. The van der Waals surface area contributed by atoms with Crippen LogP contribution in [0, 0.1) is 12.8 Å². The molecule has 2 heterocycles. The average molecular weight is 366 g/mol. The van der Waals surface area contributed by atoms with Gasteiger partial charge in [-0.05, 0) is 61.8 Å². The summed E-state index contributed by atoms with van der Waals surface area (Å²) in [6, 6.07) is 6.05. The first-order valence-electron chi connectivity index (χ1n) is 9.78. The zero-order valence-corrected chi connectivity index (χ0v) is 16.0. The Balaban J connectivity index is 1.39. The van der Waals surface area contributed by atoms with Crippen LogP contribution < -0.4 is 0 Å². The molecule has 2 aromatic rings. The van der Waals surface area contributed by atoms with Crippen LogP contribution in [-0.2, 0) is 4.79 Å². The maximum atomic E-state index is 12.3. The lowest BCUT2D eigenvalue weighted by Gasteiger charge is -2.30. The second-order valence-electron chi connectivity index (χ2n) is 7.72. The molecule has 1 aliphatic heterocycles. The van der Waals surface area contributed by atoms with Gasteiger partial charge in [-0.15, -0.1) is 0 Å². The molecule has 0 radical (unpaired) electrons. The van der Waals surface area contributed by atoms with E-state index in [1.807, 2.05) is 36.2 Å². The van der Waals surface area contributed by atoms with Gasteiger partial charge in [-0.25, -0.2) is 0 Å². The van der Waals surface area contributed by atoms with Gasteiger partial charge in [0.25, 0.3) is 5.89 Å². The molecule has 1 saturated heterocycles. The molecule has 0 N–H and O–H groups in total. The van der Waals surface area contributed by atoms with Crippen LogP contribution in [0.2, 0.25) is 0 Å². The number of nitrogens with zero attached hydrogens (tertiary/aromatic N) is 4. The number of likely N-dealkylation sites (tertiary alicyclic amines) is 1. The van der Waals surface area contributed by atoms with Crippen LogP contribution in [0.5, 0.6) is 0 Å². The maximum absolute atomic E-state index is 12.3. The fourth-order valence-corrected chi connectivity index (χ4v) is 3.70. The number of carbonyl (C=O) groups excluding carboxylic acids is 1. The Kier molecular flexibility index (Phi) is 5.05. The molecular weight excluding hydrogens is 340 g/mol. The van der Waals surface area contributed by atoms with Crippen molar-refractivity contribution in [2.75, 3.05) is 20.1 Å². The molecular formula is C21H26N4O2. The zero-order valence-electron chi connectivity index (χ0n) is 16.0. The Bertz CT molecular complexity index is 846. The number of piperidine rings is 1. The quantitative estimate of drug-likeness (QED) is 0.758. The summed E-state index contributed by atoms with van der Waals surface area (Å²) in [6.07, 6.45) is 6.82. The molecule has 1 aromatic carbocycles. The topological polar surface area (TPSA) is 71.6 Å². The number of aromatic nitrogens is 2. The first kappa shape index (κ1) is 17.9. The first-order valence-corrected chi connectivity index (χ1v) is 9.78. The molecule has 6 heteroatoms. The van der Waals surface area contributed by atoms with Crippen LogP contribution in [0.4, 0.5) is 0 Å². The van der Waals surface area contributed by atoms with Gasteiger partial charge in [-0.1, -0.05) is 11.2 Å². The van der Waals surface area contributed by atoms with E-state index in [-0.39, 0.29) is 5.92 Å². The fraction of sp³-hybridized carbons (Fsp3) is 0.524. The smallest absolute Gasteiger partial charge is 0.257 e. The number of amides is 1. The van der Waals surface area contributed by atoms with Crippen molar-refractivity contribution in [1.29, 1.82) is 0 Å². The summed E-state index contributed by atoms with van der Waals surface area (Å²) >= 11 is 0. The minimum Gasteiger partial charge on any atom is -0.343 e. The number of aryl methyl sites for hydroxylation is 1. The van der Waals surface area contributed by atoms with Gasteiger partial charge in [0.2, 0.25) is 5.91 Å². The minimum absolute atomic E-state index is 0.264. The van der Waals surface area contributed by atoms with E-state index in [0.29, 0.717) is 17.7 Å². The number of aliphatic imine (C=N–C) groups is 1. The number of benzene rings is 1. The molecule has 1 saturated carbocycles. The summed E-state index contributed by atoms with van der Waals surface area (Å²) < 4.78 is 5.52. The van der Waals surface area contributed by atoms with Gasteiger partial charge in [0, 0.05) is 44.3 Å². The fourth-order valence-electron chi connectivity index (χ4n) is 3.70. The van der Waals surface area contributed by atoms with Gasteiger partial charge < -0.3 is 9.42 Å². The molecule has 1 aromatic heterocycles. The molecule has 0 unspecified atom stereocenters. The van der Waals surface area contributed by atoms with Crippen molar-refractivity contribution < 1.29 is 9.32 Å². The van der Waals surface area contributed by atoms with Crippen molar-refractivity contribution in [1.82, 2.24) is 15.0 Å². The van der Waals surface area contributed by atoms with Gasteiger partial charge in [0.15, 0.2) is 5.82 Å². The van der Waals surface area contributed by atoms with E-state index in [4.69, 9.17) is 4.52 Å². The zero-order chi connectivity index (χ0) is 18.8. The van der Waals surface area contributed by atoms with E-state index < -0.39 is 0 Å². The highest BCUT2D eigenvalue weighted by atomic mass is 16.5. The lowest BCUT2D eigenvalue weighted by atomic mass is 9.96. The summed E-state index contributed by atoms with van der Waals surface area (Å²) in [5.74, 6) is 2.54. The number of hydrogen-bond acceptors (Lipinski definition) is 5. The summed E-state index contributed by atoms with van der Waals surface area (Å²) in [5.41, 5.74) is 3.14. The number of rotatable bonds is 5. The average Bonchev–Trinajstić information content (AvgIpc) is 3.35. The Morgan fingerprint density at radius 1 is 1.30 bits per heavy atom. The van der Waals surface area contributed by atoms with E-state index in [1.165, 1.54) is 12.8 Å². The normalized spacial score (nSPS) is 18.4. The summed E-state index contributed by atoms with van der Waals surface area (Å²) in [7, 11) is 1.77. The lowest BCUT2D eigenvalue weighted by molar-refractivity contribution is -0.132. The van der Waals surface area contributed by atoms with Crippen molar-refractivity contribution in [3.05, 3.63) is 35.2 Å². The van der Waals surface area contributed by atoms with Gasteiger partial charge in [0.1, 0.15) is 0 Å². The van der Waals surface area contributed by atoms with E-state index in [9.17, 15) is 4.79 Å². The van der Waals surface area contributed by atoms with Crippen molar-refractivity contribution in [2.24, 2.45) is 10.9 Å². The second kappa shape index (κ2) is 7.62. The Morgan fingerprint density at radius 3 is 2.74 bits per heavy atom. The van der Waals surface area contributed by atoms with Gasteiger partial charge >= 0.3 is 0 Å². The molecule has 1 aliphatic carbocycles. The van der Waals surface area contributed by atoms with Crippen molar-refractivity contribution in [3.8, 4) is 11.5 Å². The summed E-state index contributed by atoms with van der Waals surface area (Å²) in [4.78, 5) is 23.0. The van der Waals surface area contributed by atoms with E-state index in [1.54, 1.807) is 7.05 Å². The first-order chi connectivity index (χ1) is 13.1. The van der Waals surface area contributed by atoms with Crippen molar-refractivity contribution >= 4 is 12.1 Å². The molecule has 2 fully saturated rings. The third-order valence-corrected chi connectivity index (χ3v) is 5.60. The molecule has 2 aliphatic rings. The van der Waals surface area contributed by atoms with Gasteiger partial charge in [0.05, 0.1) is 0 Å². The highest BCUT2D eigenvalue weighted by Crippen LogP contribution is 2.34. The standard InChI is InChI=1S/C21H26N4O2/c1-14-11-17(5-6-18(14)13-22-2)21-23-20(24-27-21)16-7-9-25(10-8-16)19(26)12-15-3-4-15/h5-6,11,13,15-16H,3-4,7-10,12H2,1-2H3. The van der Waals surface area contributed by atoms with Crippen LogP contribution in [0.1, 0.15) is 55.0 Å². The van der Waals surface area contributed by atoms with Crippen LogP contribution in [-0.4, -0.2) is 47.3 Å². The molecule has 0 spiro atoms. The molecule has 4 rings (SSSR count). The van der Waals surface area contributed by atoms with Crippen LogP contribution in [0.25, 0.3) is 11.5 Å². The predicted octanol–water partition coefficient (Wildman–Crippen LogP) is 3.60. The molecule has 6 nitrogen and oxygen atoms in total. The lowest BCUT2D eigenvalue weighted by Crippen LogP contribution is -2.38. The predicted molar refractivity (Wildman–Crippen MR) is 104 cm³/mol. The maximum Gasteiger partial charge on any atom is 0.257 e. The Morgan fingerprint density at radius 2 is 2.07 bits per heavy atom. The molecule has 142 valence electrons. The molecule has 27 heavy (non-hydrogen) atoms. The summed E-state index contributed by atoms with van der Waals surface area (Å²) in [5, 5.41) is 4.22. The molecule has 0 atom stereocenters. The van der Waals surface area contributed by atoms with Crippen LogP contribution >= 0.6 is 0 Å². The SMILES string of the molecule is CN=Cc1ccc(-c2nc(C3CCN(C(=O)CC4CC4)CC3)no2)cc1C. The van der Waals surface area contributed by atoms with E-state index >= 15 is 0 Å². The Labute approximate surface area is 159 Å². The van der Waals surface area contributed by atoms with Crippen LogP contribution in [0.3, 0.4) is 0 Å². The minimum atomic E-state index is 0.264. The van der Waals surface area contributed by atoms with E-state index in [0.717, 1.165) is 54.9 Å². The molecule has 0 bridgehead atoms. The van der Waals surface area contributed by atoms with Crippen molar-refractivity contribution in [2.45, 2.75) is 44.9 Å². The monoisotopic (exact) mass is 366 g/mol. The second-order valence-corrected chi connectivity index (χ2v) is 7.72. The van der Waals surface area contributed by atoms with Crippen molar-refractivity contribution in [3.63, 3.8) is 0 Å². The molecule has 1 amide bonds. The van der Waals surface area contributed by atoms with E-state index in [2.05, 4.69) is 15.1 Å². The Hall–Kier alpha value is -2.50.